The van der Waals surface area contributed by atoms with Gasteiger partial charge in [-0.2, -0.15) is 0 Å². The Bertz CT molecular complexity index is 521. The van der Waals surface area contributed by atoms with E-state index < -0.39 is 0 Å². The zero-order valence-corrected chi connectivity index (χ0v) is 10.3. The lowest BCUT2D eigenvalue weighted by Gasteiger charge is -2.11. The fourth-order valence-electron chi connectivity index (χ4n) is 2.78. The Morgan fingerprint density at radius 2 is 2.12 bits per heavy atom. The number of hydrogen-bond acceptors (Lipinski definition) is 2. The maximum atomic E-state index is 5.94. The minimum atomic E-state index is 0.0817. The topological polar surface area (TPSA) is 43.3 Å². The Labute approximate surface area is 102 Å². The van der Waals surface area contributed by atoms with E-state index in [2.05, 4.69) is 27.7 Å². The van der Waals surface area contributed by atoms with Gasteiger partial charge in [-0.1, -0.05) is 18.9 Å². The number of nitrogens with two attached hydrogens (primary N) is 1. The average molecular weight is 229 g/mol. The zero-order valence-electron chi connectivity index (χ0n) is 10.3. The van der Waals surface area contributed by atoms with Gasteiger partial charge in [0.05, 0.1) is 11.7 Å². The number of hydrogen-bond donors (Lipinski definition) is 1. The van der Waals surface area contributed by atoms with Crippen molar-refractivity contribution in [1.29, 1.82) is 0 Å². The van der Waals surface area contributed by atoms with Gasteiger partial charge in [-0.25, -0.2) is 4.98 Å². The number of fused-ring (bicyclic) bond motifs is 1. The smallest absolute Gasteiger partial charge is 0.116 e. The minimum absolute atomic E-state index is 0.0817. The van der Waals surface area contributed by atoms with Gasteiger partial charge in [0.2, 0.25) is 0 Å². The summed E-state index contributed by atoms with van der Waals surface area (Å²) in [6.07, 6.45) is 9.36. The summed E-state index contributed by atoms with van der Waals surface area (Å²) in [4.78, 5) is 4.60. The van der Waals surface area contributed by atoms with E-state index in [1.807, 2.05) is 13.1 Å². The van der Waals surface area contributed by atoms with Crippen LogP contribution in [0.3, 0.4) is 0 Å². The third-order valence-corrected chi connectivity index (χ3v) is 3.82. The maximum Gasteiger partial charge on any atom is 0.116 e. The van der Waals surface area contributed by atoms with Crippen LogP contribution in [0.15, 0.2) is 24.5 Å². The van der Waals surface area contributed by atoms with E-state index in [0.717, 1.165) is 0 Å². The Hall–Kier alpha value is -1.35. The van der Waals surface area contributed by atoms with Crippen molar-refractivity contribution in [2.24, 2.45) is 5.73 Å². The Balaban J connectivity index is 2.08. The predicted molar refractivity (Wildman–Crippen MR) is 69.0 cm³/mol. The summed E-state index contributed by atoms with van der Waals surface area (Å²) < 4.78 is 2.23. The molecule has 0 bridgehead atoms. The second-order valence-corrected chi connectivity index (χ2v) is 5.14. The lowest BCUT2D eigenvalue weighted by molar-refractivity contribution is 0.662. The van der Waals surface area contributed by atoms with E-state index in [1.54, 1.807) is 0 Å². The second-order valence-electron chi connectivity index (χ2n) is 5.14. The van der Waals surface area contributed by atoms with Crippen LogP contribution in [0, 0.1) is 0 Å². The molecule has 17 heavy (non-hydrogen) atoms. The van der Waals surface area contributed by atoms with Gasteiger partial charge in [-0.15, -0.1) is 0 Å². The summed E-state index contributed by atoms with van der Waals surface area (Å²) >= 11 is 0. The molecular weight excluding hydrogens is 210 g/mol. The normalized spacial score (nSPS) is 18.9. The molecule has 1 aliphatic carbocycles. The van der Waals surface area contributed by atoms with Gasteiger partial charge in [0.25, 0.3) is 0 Å². The second kappa shape index (κ2) is 4.15. The van der Waals surface area contributed by atoms with Crippen LogP contribution in [-0.2, 0) is 0 Å². The molecular formula is C14H19N3. The third-order valence-electron chi connectivity index (χ3n) is 3.82. The summed E-state index contributed by atoms with van der Waals surface area (Å²) in [5.41, 5.74) is 8.30. The summed E-state index contributed by atoms with van der Waals surface area (Å²) in [7, 11) is 0. The minimum Gasteiger partial charge on any atom is -0.324 e. The van der Waals surface area contributed by atoms with Crippen molar-refractivity contribution in [3.63, 3.8) is 0 Å². The van der Waals surface area contributed by atoms with Gasteiger partial charge in [0.1, 0.15) is 5.82 Å². The van der Waals surface area contributed by atoms with Gasteiger partial charge < -0.3 is 10.1 Å². The van der Waals surface area contributed by atoms with Crippen LogP contribution in [0.2, 0.25) is 0 Å². The van der Waals surface area contributed by atoms with Gasteiger partial charge in [-0.3, -0.25) is 0 Å². The van der Waals surface area contributed by atoms with Gasteiger partial charge in [0, 0.05) is 18.2 Å². The molecule has 0 aromatic carbocycles. The highest BCUT2D eigenvalue weighted by Gasteiger charge is 2.21. The molecule has 2 heterocycles. The lowest BCUT2D eigenvalue weighted by Crippen LogP contribution is -2.07. The van der Waals surface area contributed by atoms with Crippen LogP contribution in [0.5, 0.6) is 0 Å². The summed E-state index contributed by atoms with van der Waals surface area (Å²) in [6.45, 7) is 2.02. The maximum absolute atomic E-state index is 5.94. The lowest BCUT2D eigenvalue weighted by atomic mass is 10.1. The molecule has 0 radical (unpaired) electrons. The van der Waals surface area contributed by atoms with E-state index in [0.29, 0.717) is 5.92 Å². The van der Waals surface area contributed by atoms with Crippen LogP contribution >= 0.6 is 0 Å². The number of nitrogens with zero attached hydrogens (tertiary/aromatic N) is 2. The van der Waals surface area contributed by atoms with Gasteiger partial charge in [-0.05, 0) is 31.4 Å². The highest BCUT2D eigenvalue weighted by Crippen LogP contribution is 2.33. The fourth-order valence-corrected chi connectivity index (χ4v) is 2.78. The first-order chi connectivity index (χ1) is 8.25. The summed E-state index contributed by atoms with van der Waals surface area (Å²) in [6, 6.07) is 4.29. The molecule has 1 saturated carbocycles. The molecule has 0 saturated heterocycles. The average Bonchev–Trinajstić information content (AvgIpc) is 2.96. The molecule has 0 amide bonds. The summed E-state index contributed by atoms with van der Waals surface area (Å²) in [5, 5.41) is 0. The number of pyridine rings is 1. The highest BCUT2D eigenvalue weighted by atomic mass is 15.0. The number of aromatic nitrogens is 2. The molecule has 1 unspecified atom stereocenters. The van der Waals surface area contributed by atoms with Crippen molar-refractivity contribution < 1.29 is 0 Å². The van der Waals surface area contributed by atoms with E-state index in [-0.39, 0.29) is 6.04 Å². The Kier molecular flexibility index (Phi) is 2.63. The molecule has 1 atom stereocenters. The van der Waals surface area contributed by atoms with Crippen LogP contribution in [0.25, 0.3) is 5.52 Å². The first-order valence-corrected chi connectivity index (χ1v) is 6.48. The Morgan fingerprint density at radius 3 is 2.82 bits per heavy atom. The summed E-state index contributed by atoms with van der Waals surface area (Å²) in [5.74, 6) is 1.86. The van der Waals surface area contributed by atoms with Crippen molar-refractivity contribution in [1.82, 2.24) is 9.38 Å². The SMILES string of the molecule is CC(N)c1ccc2cnc(C3CCCC3)n2c1. The van der Waals surface area contributed by atoms with Crippen molar-refractivity contribution >= 4 is 5.52 Å². The molecule has 3 heteroatoms. The third kappa shape index (κ3) is 1.84. The molecule has 0 spiro atoms. The molecule has 3 nitrogen and oxygen atoms in total. The van der Waals surface area contributed by atoms with Crippen molar-refractivity contribution in [3.8, 4) is 0 Å². The quantitative estimate of drug-likeness (QED) is 0.860. The molecule has 3 rings (SSSR count). The predicted octanol–water partition coefficient (Wildman–Crippen LogP) is 3.01. The molecule has 90 valence electrons. The first kappa shape index (κ1) is 10.8. The standard InChI is InChI=1S/C14H19N3/c1-10(15)12-6-7-13-8-16-14(17(13)9-12)11-4-2-3-5-11/h6-11H,2-5,15H2,1H3. The van der Waals surface area contributed by atoms with Crippen LogP contribution in [-0.4, -0.2) is 9.38 Å². The first-order valence-electron chi connectivity index (χ1n) is 6.48. The van der Waals surface area contributed by atoms with Crippen molar-refractivity contribution in [2.45, 2.75) is 44.6 Å². The van der Waals surface area contributed by atoms with E-state index in [9.17, 15) is 0 Å². The van der Waals surface area contributed by atoms with E-state index in [1.165, 1.54) is 42.6 Å². The van der Waals surface area contributed by atoms with Crippen LogP contribution < -0.4 is 5.73 Å². The zero-order chi connectivity index (χ0) is 11.8. The van der Waals surface area contributed by atoms with Gasteiger partial charge in [0.15, 0.2) is 0 Å². The molecule has 1 aliphatic rings. The largest absolute Gasteiger partial charge is 0.324 e. The van der Waals surface area contributed by atoms with Crippen LogP contribution in [0.4, 0.5) is 0 Å². The van der Waals surface area contributed by atoms with Gasteiger partial charge >= 0.3 is 0 Å². The molecule has 2 aromatic heterocycles. The monoisotopic (exact) mass is 229 g/mol. The molecule has 1 fully saturated rings. The van der Waals surface area contributed by atoms with E-state index in [4.69, 9.17) is 5.73 Å². The fraction of sp³-hybridized carbons (Fsp3) is 0.500. The van der Waals surface area contributed by atoms with Crippen molar-refractivity contribution in [2.75, 3.05) is 0 Å². The number of rotatable bonds is 2. The Morgan fingerprint density at radius 1 is 1.35 bits per heavy atom. The highest BCUT2D eigenvalue weighted by molar-refractivity contribution is 5.47. The van der Waals surface area contributed by atoms with Crippen molar-refractivity contribution in [3.05, 3.63) is 35.9 Å². The number of imidazole rings is 1. The van der Waals surface area contributed by atoms with E-state index >= 15 is 0 Å². The molecule has 0 aliphatic heterocycles. The molecule has 2 aromatic rings. The van der Waals surface area contributed by atoms with Crippen LogP contribution in [0.1, 0.15) is 56.0 Å². The molecule has 2 N–H and O–H groups in total.